The van der Waals surface area contributed by atoms with Crippen LogP contribution in [0.4, 0.5) is 0 Å². The van der Waals surface area contributed by atoms with Crippen molar-refractivity contribution in [2.24, 2.45) is 0 Å². The van der Waals surface area contributed by atoms with E-state index in [1.165, 1.54) is 0 Å². The number of rotatable bonds is 3. The lowest BCUT2D eigenvalue weighted by Gasteiger charge is -2.19. The second kappa shape index (κ2) is 5.94. The summed E-state index contributed by atoms with van der Waals surface area (Å²) in [6.45, 7) is 3.67. The minimum atomic E-state index is 0.109. The summed E-state index contributed by atoms with van der Waals surface area (Å²) in [6, 6.07) is 0. The highest BCUT2D eigenvalue weighted by Gasteiger charge is 2.13. The third-order valence-corrected chi connectivity index (χ3v) is 2.24. The fourth-order valence-electron chi connectivity index (χ4n) is 1.48. The Hall–Kier alpha value is -0.610. The number of carbonyl (C=O) groups excluding carboxylic acids is 1. The van der Waals surface area contributed by atoms with E-state index in [2.05, 4.69) is 5.32 Å². The number of amides is 1. The normalized spacial score (nSPS) is 18.4. The molecule has 0 saturated carbocycles. The lowest BCUT2D eigenvalue weighted by Crippen LogP contribution is -2.34. The van der Waals surface area contributed by atoms with E-state index >= 15 is 0 Å². The average Bonchev–Trinajstić information content (AvgIpc) is 2.42. The molecule has 0 aromatic carbocycles. The molecule has 13 heavy (non-hydrogen) atoms. The van der Waals surface area contributed by atoms with E-state index in [0.29, 0.717) is 12.8 Å². The van der Waals surface area contributed by atoms with Crippen molar-refractivity contribution in [2.75, 3.05) is 32.8 Å². The number of hydrogen-bond acceptors (Lipinski definition) is 3. The van der Waals surface area contributed by atoms with Crippen LogP contribution < -0.4 is 5.32 Å². The van der Waals surface area contributed by atoms with Gasteiger partial charge in [-0.2, -0.15) is 0 Å². The van der Waals surface area contributed by atoms with Gasteiger partial charge in [0.05, 0.1) is 0 Å². The predicted octanol–water partition coefficient (Wildman–Crippen LogP) is -0.419. The number of aliphatic hydroxyl groups is 1. The minimum absolute atomic E-state index is 0.109. The third kappa shape index (κ3) is 3.74. The zero-order valence-electron chi connectivity index (χ0n) is 7.96. The highest BCUT2D eigenvalue weighted by atomic mass is 16.3. The summed E-state index contributed by atoms with van der Waals surface area (Å²) < 4.78 is 0. The van der Waals surface area contributed by atoms with Gasteiger partial charge >= 0.3 is 0 Å². The van der Waals surface area contributed by atoms with Crippen LogP contribution in [0.1, 0.15) is 19.3 Å². The number of aliphatic hydroxyl groups excluding tert-OH is 1. The van der Waals surface area contributed by atoms with Crippen LogP contribution in [-0.4, -0.2) is 48.7 Å². The Balaban J connectivity index is 2.26. The van der Waals surface area contributed by atoms with Gasteiger partial charge in [-0.1, -0.05) is 0 Å². The molecule has 2 N–H and O–H groups in total. The molecular weight excluding hydrogens is 168 g/mol. The molecule has 1 aliphatic heterocycles. The maximum Gasteiger partial charge on any atom is 0.222 e. The highest BCUT2D eigenvalue weighted by Crippen LogP contribution is 2.00. The lowest BCUT2D eigenvalue weighted by atomic mass is 10.2. The standard InChI is InChI=1S/C9H18N2O2/c12-8-1-3-9(13)11-6-2-4-10-5-7-11/h10,12H,1-8H2. The summed E-state index contributed by atoms with van der Waals surface area (Å²) in [5.74, 6) is 0.178. The Morgan fingerprint density at radius 2 is 2.23 bits per heavy atom. The van der Waals surface area contributed by atoms with Crippen LogP contribution in [0.3, 0.4) is 0 Å². The molecule has 1 aliphatic rings. The van der Waals surface area contributed by atoms with Gasteiger partial charge in [0.25, 0.3) is 0 Å². The lowest BCUT2D eigenvalue weighted by molar-refractivity contribution is -0.131. The summed E-state index contributed by atoms with van der Waals surface area (Å²) >= 11 is 0. The van der Waals surface area contributed by atoms with Crippen molar-refractivity contribution in [3.63, 3.8) is 0 Å². The molecule has 1 fully saturated rings. The smallest absolute Gasteiger partial charge is 0.222 e. The summed E-state index contributed by atoms with van der Waals surface area (Å²) in [7, 11) is 0. The molecule has 0 spiro atoms. The second-order valence-electron chi connectivity index (χ2n) is 3.31. The first-order valence-corrected chi connectivity index (χ1v) is 4.94. The number of hydrogen-bond donors (Lipinski definition) is 2. The van der Waals surface area contributed by atoms with Crippen LogP contribution in [0.5, 0.6) is 0 Å². The Bertz CT molecular complexity index is 154. The van der Waals surface area contributed by atoms with Gasteiger partial charge in [-0.3, -0.25) is 4.79 Å². The van der Waals surface area contributed by atoms with E-state index < -0.39 is 0 Å². The molecule has 76 valence electrons. The molecule has 0 unspecified atom stereocenters. The van der Waals surface area contributed by atoms with Crippen molar-refractivity contribution < 1.29 is 9.90 Å². The molecular formula is C9H18N2O2. The Kier molecular flexibility index (Phi) is 4.78. The predicted molar refractivity (Wildman–Crippen MR) is 50.4 cm³/mol. The molecule has 0 radical (unpaired) electrons. The van der Waals surface area contributed by atoms with Crippen LogP contribution in [0.2, 0.25) is 0 Å². The van der Waals surface area contributed by atoms with Crippen molar-refractivity contribution in [1.82, 2.24) is 10.2 Å². The molecule has 0 aliphatic carbocycles. The van der Waals surface area contributed by atoms with Gasteiger partial charge in [0, 0.05) is 32.7 Å². The van der Waals surface area contributed by atoms with Gasteiger partial charge < -0.3 is 15.3 Å². The molecule has 1 amide bonds. The Morgan fingerprint density at radius 3 is 3.00 bits per heavy atom. The molecule has 1 heterocycles. The number of nitrogens with zero attached hydrogens (tertiary/aromatic N) is 1. The van der Waals surface area contributed by atoms with Gasteiger partial charge in [-0.05, 0) is 19.4 Å². The van der Waals surface area contributed by atoms with Crippen molar-refractivity contribution in [3.05, 3.63) is 0 Å². The van der Waals surface area contributed by atoms with E-state index in [0.717, 1.165) is 32.6 Å². The van der Waals surface area contributed by atoms with E-state index in [1.807, 2.05) is 4.90 Å². The zero-order chi connectivity index (χ0) is 9.52. The molecule has 4 heteroatoms. The second-order valence-corrected chi connectivity index (χ2v) is 3.31. The van der Waals surface area contributed by atoms with E-state index in [1.54, 1.807) is 0 Å². The maximum atomic E-state index is 11.5. The van der Waals surface area contributed by atoms with Gasteiger partial charge in [0.2, 0.25) is 5.91 Å². The van der Waals surface area contributed by atoms with Gasteiger partial charge in [0.1, 0.15) is 0 Å². The summed E-state index contributed by atoms with van der Waals surface area (Å²) in [6.07, 6.45) is 2.10. The van der Waals surface area contributed by atoms with E-state index in [4.69, 9.17) is 5.11 Å². The van der Waals surface area contributed by atoms with Gasteiger partial charge in [0.15, 0.2) is 0 Å². The first-order chi connectivity index (χ1) is 6.34. The minimum Gasteiger partial charge on any atom is -0.396 e. The first-order valence-electron chi connectivity index (χ1n) is 4.94. The van der Waals surface area contributed by atoms with Crippen molar-refractivity contribution in [3.8, 4) is 0 Å². The number of nitrogens with one attached hydrogen (secondary N) is 1. The van der Waals surface area contributed by atoms with Gasteiger partial charge in [-0.15, -0.1) is 0 Å². The SMILES string of the molecule is O=C(CCCO)N1CCCNCC1. The van der Waals surface area contributed by atoms with Crippen LogP contribution in [0, 0.1) is 0 Å². The average molecular weight is 186 g/mol. The molecule has 1 rings (SSSR count). The summed E-state index contributed by atoms with van der Waals surface area (Å²) in [5, 5.41) is 11.8. The Morgan fingerprint density at radius 1 is 1.38 bits per heavy atom. The molecule has 0 aromatic heterocycles. The molecule has 0 aromatic rings. The fourth-order valence-corrected chi connectivity index (χ4v) is 1.48. The fraction of sp³-hybridized carbons (Fsp3) is 0.889. The monoisotopic (exact) mass is 186 g/mol. The topological polar surface area (TPSA) is 52.6 Å². The zero-order valence-corrected chi connectivity index (χ0v) is 7.96. The highest BCUT2D eigenvalue weighted by molar-refractivity contribution is 5.76. The van der Waals surface area contributed by atoms with Crippen molar-refractivity contribution in [2.45, 2.75) is 19.3 Å². The summed E-state index contributed by atoms with van der Waals surface area (Å²) in [5.41, 5.74) is 0. The largest absolute Gasteiger partial charge is 0.396 e. The first kappa shape index (κ1) is 10.5. The van der Waals surface area contributed by atoms with Crippen LogP contribution in [-0.2, 0) is 4.79 Å². The maximum absolute atomic E-state index is 11.5. The van der Waals surface area contributed by atoms with Gasteiger partial charge in [-0.25, -0.2) is 0 Å². The van der Waals surface area contributed by atoms with Crippen LogP contribution in [0.15, 0.2) is 0 Å². The molecule has 4 nitrogen and oxygen atoms in total. The van der Waals surface area contributed by atoms with Crippen molar-refractivity contribution >= 4 is 5.91 Å². The number of carbonyl (C=O) groups is 1. The van der Waals surface area contributed by atoms with E-state index in [9.17, 15) is 4.79 Å². The third-order valence-electron chi connectivity index (χ3n) is 2.24. The quantitative estimate of drug-likeness (QED) is 0.629. The van der Waals surface area contributed by atoms with Crippen molar-refractivity contribution in [1.29, 1.82) is 0 Å². The van der Waals surface area contributed by atoms with Crippen LogP contribution in [0.25, 0.3) is 0 Å². The molecule has 0 bridgehead atoms. The molecule has 1 saturated heterocycles. The summed E-state index contributed by atoms with van der Waals surface area (Å²) in [4.78, 5) is 13.4. The Labute approximate surface area is 78.9 Å². The van der Waals surface area contributed by atoms with E-state index in [-0.39, 0.29) is 12.5 Å². The molecule has 0 atom stereocenters. The van der Waals surface area contributed by atoms with Crippen LogP contribution >= 0.6 is 0 Å².